The SMILES string of the molecule is CCN(CCc1csc2ccccc12)C[C@H](O)c1ccccc1. The predicted molar refractivity (Wildman–Crippen MR) is 99.0 cm³/mol. The smallest absolute Gasteiger partial charge is 0.0916 e. The molecule has 3 heteroatoms. The zero-order valence-corrected chi connectivity index (χ0v) is 14.3. The van der Waals surface area contributed by atoms with Crippen molar-refractivity contribution in [3.63, 3.8) is 0 Å². The number of fused-ring (bicyclic) bond motifs is 1. The number of hydrogen-bond donors (Lipinski definition) is 1. The highest BCUT2D eigenvalue weighted by molar-refractivity contribution is 7.17. The molecule has 0 spiro atoms. The van der Waals surface area contributed by atoms with E-state index >= 15 is 0 Å². The highest BCUT2D eigenvalue weighted by Crippen LogP contribution is 2.26. The molecule has 3 rings (SSSR count). The van der Waals surface area contributed by atoms with E-state index in [1.54, 1.807) is 0 Å². The lowest BCUT2D eigenvalue weighted by Gasteiger charge is -2.23. The molecular formula is C20H23NOS. The van der Waals surface area contributed by atoms with Crippen LogP contribution in [-0.2, 0) is 6.42 Å². The van der Waals surface area contributed by atoms with Crippen LogP contribution >= 0.6 is 11.3 Å². The van der Waals surface area contributed by atoms with Crippen LogP contribution in [0.15, 0.2) is 60.0 Å². The molecule has 1 heterocycles. The Hall–Kier alpha value is -1.68. The van der Waals surface area contributed by atoms with Gasteiger partial charge in [0.2, 0.25) is 0 Å². The first-order valence-corrected chi connectivity index (χ1v) is 9.06. The van der Waals surface area contributed by atoms with Gasteiger partial charge in [0.25, 0.3) is 0 Å². The lowest BCUT2D eigenvalue weighted by atomic mass is 10.1. The van der Waals surface area contributed by atoms with Crippen molar-refractivity contribution < 1.29 is 5.11 Å². The number of thiophene rings is 1. The van der Waals surface area contributed by atoms with E-state index in [0.29, 0.717) is 6.54 Å². The number of rotatable bonds is 7. The Kier molecular flexibility index (Phi) is 5.44. The monoisotopic (exact) mass is 325 g/mol. The van der Waals surface area contributed by atoms with Gasteiger partial charge in [0.1, 0.15) is 0 Å². The van der Waals surface area contributed by atoms with E-state index in [1.807, 2.05) is 41.7 Å². The van der Waals surface area contributed by atoms with Gasteiger partial charge in [-0.3, -0.25) is 0 Å². The second-order valence-electron chi connectivity index (χ2n) is 5.83. The second-order valence-corrected chi connectivity index (χ2v) is 6.74. The third kappa shape index (κ3) is 3.99. The highest BCUT2D eigenvalue weighted by atomic mass is 32.1. The summed E-state index contributed by atoms with van der Waals surface area (Å²) in [7, 11) is 0. The minimum atomic E-state index is -0.421. The maximum atomic E-state index is 10.4. The third-order valence-corrected chi connectivity index (χ3v) is 5.33. The lowest BCUT2D eigenvalue weighted by Crippen LogP contribution is -2.30. The summed E-state index contributed by atoms with van der Waals surface area (Å²) < 4.78 is 1.36. The zero-order valence-electron chi connectivity index (χ0n) is 13.5. The summed E-state index contributed by atoms with van der Waals surface area (Å²) in [6, 6.07) is 18.5. The maximum absolute atomic E-state index is 10.4. The molecule has 0 bridgehead atoms. The summed E-state index contributed by atoms with van der Waals surface area (Å²) in [5.41, 5.74) is 2.41. The number of nitrogens with zero attached hydrogens (tertiary/aromatic N) is 1. The van der Waals surface area contributed by atoms with Crippen LogP contribution in [0.2, 0.25) is 0 Å². The molecule has 2 aromatic carbocycles. The molecule has 0 saturated heterocycles. The maximum Gasteiger partial charge on any atom is 0.0916 e. The van der Waals surface area contributed by atoms with E-state index in [2.05, 4.69) is 41.5 Å². The Morgan fingerprint density at radius 3 is 2.57 bits per heavy atom. The van der Waals surface area contributed by atoms with Crippen molar-refractivity contribution >= 4 is 21.4 Å². The van der Waals surface area contributed by atoms with Crippen molar-refractivity contribution in [2.45, 2.75) is 19.4 Å². The molecule has 0 radical (unpaired) electrons. The summed E-state index contributed by atoms with van der Waals surface area (Å²) in [5, 5.41) is 14.1. The summed E-state index contributed by atoms with van der Waals surface area (Å²) in [6.07, 6.45) is 0.606. The van der Waals surface area contributed by atoms with Crippen molar-refractivity contribution in [2.75, 3.05) is 19.6 Å². The van der Waals surface area contributed by atoms with Gasteiger partial charge < -0.3 is 10.0 Å². The van der Waals surface area contributed by atoms with Gasteiger partial charge in [-0.15, -0.1) is 11.3 Å². The number of likely N-dealkylation sites (N-methyl/N-ethyl adjacent to an activating group) is 1. The van der Waals surface area contributed by atoms with Crippen LogP contribution in [0.5, 0.6) is 0 Å². The summed E-state index contributed by atoms with van der Waals surface area (Å²) >= 11 is 1.82. The van der Waals surface area contributed by atoms with Gasteiger partial charge in [0.05, 0.1) is 6.10 Å². The molecule has 0 saturated carbocycles. The van der Waals surface area contributed by atoms with Gasteiger partial charge >= 0.3 is 0 Å². The number of hydrogen-bond acceptors (Lipinski definition) is 3. The fourth-order valence-corrected chi connectivity index (χ4v) is 3.91. The molecule has 1 atom stereocenters. The van der Waals surface area contributed by atoms with Crippen molar-refractivity contribution in [3.8, 4) is 0 Å². The van der Waals surface area contributed by atoms with Gasteiger partial charge in [0.15, 0.2) is 0 Å². The van der Waals surface area contributed by atoms with E-state index in [9.17, 15) is 5.11 Å². The number of aliphatic hydroxyl groups excluding tert-OH is 1. The molecule has 0 aliphatic heterocycles. The highest BCUT2D eigenvalue weighted by Gasteiger charge is 2.13. The largest absolute Gasteiger partial charge is 0.387 e. The van der Waals surface area contributed by atoms with Gasteiger partial charge in [-0.05, 0) is 40.9 Å². The molecule has 0 aliphatic rings. The molecule has 23 heavy (non-hydrogen) atoms. The number of aliphatic hydroxyl groups is 1. The van der Waals surface area contributed by atoms with Crippen LogP contribution in [0.3, 0.4) is 0 Å². The van der Waals surface area contributed by atoms with Gasteiger partial charge in [-0.2, -0.15) is 0 Å². The van der Waals surface area contributed by atoms with E-state index in [1.165, 1.54) is 15.6 Å². The fourth-order valence-electron chi connectivity index (χ4n) is 2.91. The molecule has 3 aromatic rings. The predicted octanol–water partition coefficient (Wildman–Crippen LogP) is 4.50. The first-order valence-electron chi connectivity index (χ1n) is 8.18. The van der Waals surface area contributed by atoms with E-state index in [0.717, 1.165) is 25.1 Å². The molecule has 1 N–H and O–H groups in total. The van der Waals surface area contributed by atoms with Crippen LogP contribution in [0.4, 0.5) is 0 Å². The average molecular weight is 325 g/mol. The molecule has 0 amide bonds. The van der Waals surface area contributed by atoms with Gasteiger partial charge in [-0.25, -0.2) is 0 Å². The quantitative estimate of drug-likeness (QED) is 0.691. The lowest BCUT2D eigenvalue weighted by molar-refractivity contribution is 0.116. The summed E-state index contributed by atoms with van der Waals surface area (Å²) in [6.45, 7) is 4.76. The van der Waals surface area contributed by atoms with E-state index in [4.69, 9.17) is 0 Å². The molecular weight excluding hydrogens is 302 g/mol. The van der Waals surface area contributed by atoms with Crippen molar-refractivity contribution in [2.24, 2.45) is 0 Å². The Morgan fingerprint density at radius 1 is 1.04 bits per heavy atom. The molecule has 2 nitrogen and oxygen atoms in total. The van der Waals surface area contributed by atoms with E-state index in [-0.39, 0.29) is 0 Å². The fraction of sp³-hybridized carbons (Fsp3) is 0.300. The molecule has 0 unspecified atom stereocenters. The Morgan fingerprint density at radius 2 is 1.78 bits per heavy atom. The van der Waals surface area contributed by atoms with Crippen molar-refractivity contribution in [3.05, 3.63) is 71.1 Å². The minimum absolute atomic E-state index is 0.421. The van der Waals surface area contributed by atoms with Gasteiger partial charge in [0, 0.05) is 17.8 Å². The van der Waals surface area contributed by atoms with E-state index < -0.39 is 6.10 Å². The normalized spacial score (nSPS) is 12.8. The molecule has 120 valence electrons. The molecule has 1 aromatic heterocycles. The first kappa shape index (κ1) is 16.2. The molecule has 0 aliphatic carbocycles. The van der Waals surface area contributed by atoms with Crippen LogP contribution < -0.4 is 0 Å². The Bertz CT molecular complexity index is 737. The topological polar surface area (TPSA) is 23.5 Å². The van der Waals surface area contributed by atoms with Crippen molar-refractivity contribution in [1.82, 2.24) is 4.90 Å². The zero-order chi connectivity index (χ0) is 16.1. The summed E-state index contributed by atoms with van der Waals surface area (Å²) in [5.74, 6) is 0. The van der Waals surface area contributed by atoms with Crippen LogP contribution in [0, 0.1) is 0 Å². The Labute approximate surface area is 142 Å². The van der Waals surface area contributed by atoms with Gasteiger partial charge in [-0.1, -0.05) is 55.5 Å². The Balaban J connectivity index is 1.61. The second kappa shape index (κ2) is 7.73. The minimum Gasteiger partial charge on any atom is -0.387 e. The number of benzene rings is 2. The van der Waals surface area contributed by atoms with Crippen LogP contribution in [0.1, 0.15) is 24.2 Å². The third-order valence-electron chi connectivity index (χ3n) is 4.32. The van der Waals surface area contributed by atoms with Crippen molar-refractivity contribution in [1.29, 1.82) is 0 Å². The van der Waals surface area contributed by atoms with Crippen LogP contribution in [-0.4, -0.2) is 29.6 Å². The molecule has 0 fully saturated rings. The van der Waals surface area contributed by atoms with Crippen LogP contribution in [0.25, 0.3) is 10.1 Å². The summed E-state index contributed by atoms with van der Waals surface area (Å²) in [4.78, 5) is 2.32. The first-order chi connectivity index (χ1) is 11.3. The standard InChI is InChI=1S/C20H23NOS/c1-2-21(14-19(22)16-8-4-3-5-9-16)13-12-17-15-23-20-11-7-6-10-18(17)20/h3-11,15,19,22H,2,12-14H2,1H3/t19-/m0/s1. The average Bonchev–Trinajstić information content (AvgIpc) is 3.02.